The summed E-state index contributed by atoms with van der Waals surface area (Å²) in [7, 11) is 0. The molecule has 0 fully saturated rings. The maximum atomic E-state index is 5.44. The van der Waals surface area contributed by atoms with Crippen LogP contribution in [0.25, 0.3) is 97.9 Å². The monoisotopic (exact) mass is 668 g/mol. The number of thiophene rings is 1. The Morgan fingerprint density at radius 3 is 1.82 bits per heavy atom. The topological polar surface area (TPSA) is 35.6 Å². The van der Waals surface area contributed by atoms with Crippen LogP contribution in [0, 0.1) is 0 Å². The first-order valence-electron chi connectivity index (χ1n) is 17.2. The first kappa shape index (κ1) is 28.3. The molecule has 7 aromatic carbocycles. The summed E-state index contributed by atoms with van der Waals surface area (Å²) in [4.78, 5) is 10.6. The Morgan fingerprint density at radius 1 is 0.412 bits per heavy atom. The standard InChI is InChI=1S/C46H28N4S/c1-4-14-29(15-5-1)36-28-41(48-46(47-36)30-16-6-2-7-17-30)50-44-32(33-25-27-40-43(45(33)50)35-21-11-13-23-39(35)51-40)24-26-38-42(44)34-20-10-12-22-37(34)49(38)31-18-8-3-9-19-31/h1-28H. The van der Waals surface area contributed by atoms with E-state index in [-0.39, 0.29) is 0 Å². The van der Waals surface area contributed by atoms with E-state index in [9.17, 15) is 0 Å². The molecule has 0 aliphatic rings. The van der Waals surface area contributed by atoms with Gasteiger partial charge >= 0.3 is 0 Å². The van der Waals surface area contributed by atoms with E-state index in [4.69, 9.17) is 9.97 Å². The number of benzene rings is 7. The summed E-state index contributed by atoms with van der Waals surface area (Å²) < 4.78 is 7.38. The molecule has 0 radical (unpaired) electrons. The van der Waals surface area contributed by atoms with Crippen LogP contribution in [0.4, 0.5) is 0 Å². The molecule has 0 amide bonds. The Labute approximate surface area is 297 Å². The van der Waals surface area contributed by atoms with Crippen LogP contribution >= 0.6 is 11.3 Å². The molecule has 51 heavy (non-hydrogen) atoms. The molecule has 0 aliphatic heterocycles. The van der Waals surface area contributed by atoms with Crippen LogP contribution in [0.3, 0.4) is 0 Å². The Bertz CT molecular complexity index is 3060. The number of rotatable bonds is 4. The van der Waals surface area contributed by atoms with E-state index in [1.807, 2.05) is 23.5 Å². The minimum atomic E-state index is 0.697. The molecule has 0 aliphatic carbocycles. The number of aromatic nitrogens is 4. The van der Waals surface area contributed by atoms with Crippen molar-refractivity contribution < 1.29 is 0 Å². The minimum Gasteiger partial charge on any atom is -0.309 e. The van der Waals surface area contributed by atoms with Gasteiger partial charge in [0.1, 0.15) is 5.82 Å². The molecule has 0 spiro atoms. The Morgan fingerprint density at radius 2 is 1.04 bits per heavy atom. The molecule has 4 nitrogen and oxygen atoms in total. The van der Waals surface area contributed by atoms with Crippen LogP contribution in [0.2, 0.25) is 0 Å². The first-order valence-corrected chi connectivity index (χ1v) is 18.0. The molecule has 4 aromatic heterocycles. The van der Waals surface area contributed by atoms with Crippen molar-refractivity contribution in [3.63, 3.8) is 0 Å². The Balaban J connectivity index is 1.38. The van der Waals surface area contributed by atoms with Crippen molar-refractivity contribution >= 4 is 75.1 Å². The van der Waals surface area contributed by atoms with Crippen molar-refractivity contribution in [1.29, 1.82) is 0 Å². The highest BCUT2D eigenvalue weighted by Crippen LogP contribution is 2.46. The molecule has 0 saturated heterocycles. The molecule has 0 atom stereocenters. The second kappa shape index (κ2) is 11.0. The van der Waals surface area contributed by atoms with Crippen molar-refractivity contribution in [2.45, 2.75) is 0 Å². The van der Waals surface area contributed by atoms with Crippen molar-refractivity contribution in [1.82, 2.24) is 19.1 Å². The third-order valence-electron chi connectivity index (χ3n) is 10.1. The lowest BCUT2D eigenvalue weighted by Gasteiger charge is -2.13. The fourth-order valence-corrected chi connectivity index (χ4v) is 9.07. The number of para-hydroxylation sites is 2. The molecular formula is C46H28N4S. The van der Waals surface area contributed by atoms with Crippen molar-refractivity contribution in [2.24, 2.45) is 0 Å². The molecule has 11 aromatic rings. The highest BCUT2D eigenvalue weighted by Gasteiger charge is 2.24. The van der Waals surface area contributed by atoms with Gasteiger partial charge in [-0.3, -0.25) is 4.57 Å². The zero-order valence-corrected chi connectivity index (χ0v) is 28.2. The van der Waals surface area contributed by atoms with Gasteiger partial charge in [-0.2, -0.15) is 0 Å². The summed E-state index contributed by atoms with van der Waals surface area (Å²) in [5.74, 6) is 1.54. The zero-order chi connectivity index (χ0) is 33.5. The molecule has 11 rings (SSSR count). The molecule has 0 unspecified atom stereocenters. The number of nitrogens with zero attached hydrogens (tertiary/aromatic N) is 4. The van der Waals surface area contributed by atoms with E-state index in [0.717, 1.165) is 39.4 Å². The SMILES string of the molecule is c1ccc(-c2cc(-n3c4c(ccc5sc6ccccc6c54)c4ccc5c(c6ccccc6n5-c5ccccc5)c43)nc(-c3ccccc3)n2)cc1. The van der Waals surface area contributed by atoms with E-state index in [1.165, 1.54) is 52.8 Å². The number of hydrogen-bond donors (Lipinski definition) is 0. The Kier molecular flexibility index (Phi) is 6.09. The van der Waals surface area contributed by atoms with E-state index in [0.29, 0.717) is 5.82 Å². The summed E-state index contributed by atoms with van der Waals surface area (Å²) in [6.45, 7) is 0. The summed E-state index contributed by atoms with van der Waals surface area (Å²) in [5.41, 5.74) is 8.70. The molecule has 238 valence electrons. The third kappa shape index (κ3) is 4.19. The average molecular weight is 669 g/mol. The van der Waals surface area contributed by atoms with Gasteiger partial charge in [0.05, 0.1) is 27.8 Å². The van der Waals surface area contributed by atoms with Crippen LogP contribution in [0.15, 0.2) is 170 Å². The highest BCUT2D eigenvalue weighted by atomic mass is 32.1. The summed E-state index contributed by atoms with van der Waals surface area (Å²) in [6, 6.07) is 60.4. The maximum absolute atomic E-state index is 5.44. The smallest absolute Gasteiger partial charge is 0.162 e. The predicted molar refractivity (Wildman–Crippen MR) is 214 cm³/mol. The van der Waals surface area contributed by atoms with E-state index in [2.05, 4.69) is 167 Å². The van der Waals surface area contributed by atoms with Gasteiger partial charge in [-0.25, -0.2) is 9.97 Å². The molecular weight excluding hydrogens is 641 g/mol. The fraction of sp³-hybridized carbons (Fsp3) is 0. The summed E-state index contributed by atoms with van der Waals surface area (Å²) >= 11 is 1.85. The first-order chi connectivity index (χ1) is 25.3. The summed E-state index contributed by atoms with van der Waals surface area (Å²) in [6.07, 6.45) is 0. The van der Waals surface area contributed by atoms with Gasteiger partial charge < -0.3 is 4.57 Å². The Hall–Kier alpha value is -6.56. The quantitative estimate of drug-likeness (QED) is 0.187. The number of fused-ring (bicyclic) bond motifs is 11. The second-order valence-electron chi connectivity index (χ2n) is 13.0. The van der Waals surface area contributed by atoms with Gasteiger partial charge in [0.25, 0.3) is 0 Å². The van der Waals surface area contributed by atoms with E-state index < -0.39 is 0 Å². The van der Waals surface area contributed by atoms with Crippen molar-refractivity contribution in [3.8, 4) is 34.2 Å². The van der Waals surface area contributed by atoms with Crippen LogP contribution in [-0.2, 0) is 0 Å². The van der Waals surface area contributed by atoms with Gasteiger partial charge in [-0.1, -0.05) is 127 Å². The molecule has 0 saturated carbocycles. The van der Waals surface area contributed by atoms with Crippen LogP contribution in [-0.4, -0.2) is 19.1 Å². The third-order valence-corrected chi connectivity index (χ3v) is 11.3. The fourth-order valence-electron chi connectivity index (χ4n) is 7.96. The van der Waals surface area contributed by atoms with E-state index in [1.54, 1.807) is 0 Å². The summed E-state index contributed by atoms with van der Waals surface area (Å²) in [5, 5.41) is 7.34. The second-order valence-corrected chi connectivity index (χ2v) is 14.1. The van der Waals surface area contributed by atoms with Crippen LogP contribution < -0.4 is 0 Å². The van der Waals surface area contributed by atoms with Crippen LogP contribution in [0.5, 0.6) is 0 Å². The van der Waals surface area contributed by atoms with Gasteiger partial charge in [0, 0.05) is 64.6 Å². The minimum absolute atomic E-state index is 0.697. The maximum Gasteiger partial charge on any atom is 0.162 e. The predicted octanol–water partition coefficient (Wildman–Crippen LogP) is 12.4. The normalized spacial score (nSPS) is 11.9. The van der Waals surface area contributed by atoms with Gasteiger partial charge in [-0.05, 0) is 36.4 Å². The largest absolute Gasteiger partial charge is 0.309 e. The molecule has 4 heterocycles. The lowest BCUT2D eigenvalue weighted by atomic mass is 10.1. The molecule has 5 heteroatoms. The molecule has 0 N–H and O–H groups in total. The zero-order valence-electron chi connectivity index (χ0n) is 27.4. The van der Waals surface area contributed by atoms with E-state index >= 15 is 0 Å². The lowest BCUT2D eigenvalue weighted by Crippen LogP contribution is -2.03. The van der Waals surface area contributed by atoms with Crippen LogP contribution in [0.1, 0.15) is 0 Å². The van der Waals surface area contributed by atoms with Gasteiger partial charge in [0.2, 0.25) is 0 Å². The highest BCUT2D eigenvalue weighted by molar-refractivity contribution is 7.26. The average Bonchev–Trinajstić information content (AvgIpc) is 3.86. The van der Waals surface area contributed by atoms with Crippen molar-refractivity contribution in [3.05, 3.63) is 170 Å². The lowest BCUT2D eigenvalue weighted by molar-refractivity contribution is 1.05. The number of hydrogen-bond acceptors (Lipinski definition) is 3. The van der Waals surface area contributed by atoms with Gasteiger partial charge in [-0.15, -0.1) is 11.3 Å². The molecule has 0 bridgehead atoms. The van der Waals surface area contributed by atoms with Crippen molar-refractivity contribution in [2.75, 3.05) is 0 Å². The van der Waals surface area contributed by atoms with Gasteiger partial charge in [0.15, 0.2) is 5.82 Å².